The van der Waals surface area contributed by atoms with Gasteiger partial charge in [-0.15, -0.1) is 0 Å². The Balaban J connectivity index is 2.24. The van der Waals surface area contributed by atoms with Gasteiger partial charge in [0.25, 0.3) is 0 Å². The number of aromatic nitrogens is 2. The van der Waals surface area contributed by atoms with E-state index >= 15 is 0 Å². The molecule has 0 amide bonds. The van der Waals surface area contributed by atoms with Gasteiger partial charge in [-0.2, -0.15) is 0 Å². The molecule has 4 nitrogen and oxygen atoms in total. The summed E-state index contributed by atoms with van der Waals surface area (Å²) >= 11 is 0. The van der Waals surface area contributed by atoms with Gasteiger partial charge in [-0.25, -0.2) is 4.98 Å². The number of nitrogens with two attached hydrogens (primary N) is 1. The second kappa shape index (κ2) is 5.69. The van der Waals surface area contributed by atoms with E-state index in [4.69, 9.17) is 10.5 Å². The second-order valence-electron chi connectivity index (χ2n) is 4.56. The third kappa shape index (κ3) is 3.11. The lowest BCUT2D eigenvalue weighted by Crippen LogP contribution is -2.17. The van der Waals surface area contributed by atoms with Gasteiger partial charge in [0.05, 0.1) is 20.0 Å². The quantitative estimate of drug-likeness (QED) is 0.874. The molecule has 0 saturated carbocycles. The Labute approximate surface area is 107 Å². The molecule has 1 atom stereocenters. The smallest absolute Gasteiger partial charge is 0.123 e. The van der Waals surface area contributed by atoms with E-state index in [0.29, 0.717) is 0 Å². The summed E-state index contributed by atoms with van der Waals surface area (Å²) in [4.78, 5) is 4.05. The molecule has 0 saturated heterocycles. The van der Waals surface area contributed by atoms with E-state index in [1.54, 1.807) is 19.6 Å². The average Bonchev–Trinajstić information content (AvgIpc) is 2.81. The van der Waals surface area contributed by atoms with Crippen molar-refractivity contribution in [2.45, 2.75) is 25.9 Å². The summed E-state index contributed by atoms with van der Waals surface area (Å²) in [6.07, 6.45) is 6.40. The van der Waals surface area contributed by atoms with Gasteiger partial charge in [-0.05, 0) is 25.0 Å². The van der Waals surface area contributed by atoms with Gasteiger partial charge in [0.1, 0.15) is 5.75 Å². The fourth-order valence-electron chi connectivity index (χ4n) is 2.03. The van der Waals surface area contributed by atoms with Crippen LogP contribution >= 0.6 is 0 Å². The van der Waals surface area contributed by atoms with Crippen LogP contribution < -0.4 is 10.5 Å². The summed E-state index contributed by atoms with van der Waals surface area (Å²) in [6, 6.07) is 6.39. The van der Waals surface area contributed by atoms with Crippen LogP contribution in [-0.2, 0) is 13.0 Å². The Kier molecular flexibility index (Phi) is 3.99. The molecule has 2 rings (SSSR count). The van der Waals surface area contributed by atoms with E-state index in [2.05, 4.69) is 17.1 Å². The molecule has 0 aliphatic rings. The van der Waals surface area contributed by atoms with E-state index in [1.807, 2.05) is 23.8 Å². The fraction of sp³-hybridized carbons (Fsp3) is 0.357. The van der Waals surface area contributed by atoms with Crippen molar-refractivity contribution >= 4 is 0 Å². The van der Waals surface area contributed by atoms with Crippen LogP contribution in [0.3, 0.4) is 0 Å². The van der Waals surface area contributed by atoms with Crippen LogP contribution in [0.5, 0.6) is 5.75 Å². The standard InChI is InChI=1S/C14H19N3O/c1-11(15)7-12-3-4-14(18-2)13(8-12)9-17-6-5-16-10-17/h3-6,8,10-11H,7,9,15H2,1-2H3. The highest BCUT2D eigenvalue weighted by Gasteiger charge is 2.06. The first kappa shape index (κ1) is 12.6. The van der Waals surface area contributed by atoms with Crippen LogP contribution in [0, 0.1) is 0 Å². The predicted octanol–water partition coefficient (Wildman–Crippen LogP) is 1.83. The maximum atomic E-state index is 5.83. The molecule has 2 aromatic rings. The zero-order valence-corrected chi connectivity index (χ0v) is 10.8. The Morgan fingerprint density at radius 3 is 2.89 bits per heavy atom. The van der Waals surface area contributed by atoms with Gasteiger partial charge in [0, 0.05) is 24.0 Å². The van der Waals surface area contributed by atoms with E-state index < -0.39 is 0 Å². The van der Waals surface area contributed by atoms with Crippen molar-refractivity contribution in [2.75, 3.05) is 7.11 Å². The molecular weight excluding hydrogens is 226 g/mol. The number of hydrogen-bond donors (Lipinski definition) is 1. The molecule has 2 N–H and O–H groups in total. The van der Waals surface area contributed by atoms with Gasteiger partial charge in [0.2, 0.25) is 0 Å². The number of nitrogens with zero attached hydrogens (tertiary/aromatic N) is 2. The number of rotatable bonds is 5. The summed E-state index contributed by atoms with van der Waals surface area (Å²) in [6.45, 7) is 2.77. The van der Waals surface area contributed by atoms with Crippen LogP contribution in [0.25, 0.3) is 0 Å². The summed E-state index contributed by atoms with van der Waals surface area (Å²) in [7, 11) is 1.69. The van der Waals surface area contributed by atoms with E-state index in [1.165, 1.54) is 5.56 Å². The van der Waals surface area contributed by atoms with E-state index in [0.717, 1.165) is 24.3 Å². The molecule has 1 unspecified atom stereocenters. The van der Waals surface area contributed by atoms with Crippen molar-refractivity contribution in [3.05, 3.63) is 48.0 Å². The SMILES string of the molecule is COc1ccc(CC(C)N)cc1Cn1ccnc1. The highest BCUT2D eigenvalue weighted by Crippen LogP contribution is 2.21. The molecule has 0 fully saturated rings. The Hall–Kier alpha value is -1.81. The maximum Gasteiger partial charge on any atom is 0.123 e. The first-order valence-corrected chi connectivity index (χ1v) is 6.06. The van der Waals surface area contributed by atoms with Gasteiger partial charge < -0.3 is 15.0 Å². The van der Waals surface area contributed by atoms with Crippen LogP contribution in [0.4, 0.5) is 0 Å². The summed E-state index contributed by atoms with van der Waals surface area (Å²) in [5.74, 6) is 0.900. The van der Waals surface area contributed by atoms with Crippen LogP contribution in [0.15, 0.2) is 36.9 Å². The molecule has 96 valence electrons. The Morgan fingerprint density at radius 2 is 2.28 bits per heavy atom. The third-order valence-electron chi connectivity index (χ3n) is 2.81. The summed E-state index contributed by atoms with van der Waals surface area (Å²) in [5.41, 5.74) is 8.22. The van der Waals surface area contributed by atoms with Gasteiger partial charge in [0.15, 0.2) is 0 Å². The molecule has 1 aromatic carbocycles. The average molecular weight is 245 g/mol. The lowest BCUT2D eigenvalue weighted by atomic mass is 10.0. The third-order valence-corrected chi connectivity index (χ3v) is 2.81. The molecule has 1 aromatic heterocycles. The van der Waals surface area contributed by atoms with Crippen molar-refractivity contribution in [1.82, 2.24) is 9.55 Å². The van der Waals surface area contributed by atoms with Crippen molar-refractivity contribution < 1.29 is 4.74 Å². The molecule has 0 aliphatic heterocycles. The Morgan fingerprint density at radius 1 is 1.44 bits per heavy atom. The minimum atomic E-state index is 0.166. The number of methoxy groups -OCH3 is 1. The van der Waals surface area contributed by atoms with E-state index in [9.17, 15) is 0 Å². The van der Waals surface area contributed by atoms with Crippen LogP contribution in [0.2, 0.25) is 0 Å². The molecule has 4 heteroatoms. The number of hydrogen-bond acceptors (Lipinski definition) is 3. The molecule has 1 heterocycles. The molecule has 0 spiro atoms. The minimum Gasteiger partial charge on any atom is -0.496 e. The molecule has 0 bridgehead atoms. The fourth-order valence-corrected chi connectivity index (χ4v) is 2.03. The number of imidazole rings is 1. The van der Waals surface area contributed by atoms with E-state index in [-0.39, 0.29) is 6.04 Å². The highest BCUT2D eigenvalue weighted by molar-refractivity contribution is 5.37. The summed E-state index contributed by atoms with van der Waals surface area (Å²) < 4.78 is 7.41. The van der Waals surface area contributed by atoms with Gasteiger partial charge in [-0.1, -0.05) is 12.1 Å². The summed E-state index contributed by atoms with van der Waals surface area (Å²) in [5, 5.41) is 0. The molecule has 18 heavy (non-hydrogen) atoms. The molecule has 0 aliphatic carbocycles. The van der Waals surface area contributed by atoms with Crippen LogP contribution in [0.1, 0.15) is 18.1 Å². The Bertz CT molecular complexity index is 492. The first-order valence-electron chi connectivity index (χ1n) is 6.06. The lowest BCUT2D eigenvalue weighted by molar-refractivity contribution is 0.408. The van der Waals surface area contributed by atoms with Crippen molar-refractivity contribution in [2.24, 2.45) is 5.73 Å². The first-order chi connectivity index (χ1) is 8.69. The monoisotopic (exact) mass is 245 g/mol. The normalized spacial score (nSPS) is 12.4. The largest absolute Gasteiger partial charge is 0.496 e. The van der Waals surface area contributed by atoms with Gasteiger partial charge in [-0.3, -0.25) is 0 Å². The van der Waals surface area contributed by atoms with Crippen molar-refractivity contribution in [3.8, 4) is 5.75 Å². The van der Waals surface area contributed by atoms with Crippen molar-refractivity contribution in [3.63, 3.8) is 0 Å². The molecule has 0 radical (unpaired) electrons. The van der Waals surface area contributed by atoms with Gasteiger partial charge >= 0.3 is 0 Å². The minimum absolute atomic E-state index is 0.166. The predicted molar refractivity (Wildman–Crippen MR) is 71.7 cm³/mol. The van der Waals surface area contributed by atoms with Crippen molar-refractivity contribution in [1.29, 1.82) is 0 Å². The molecular formula is C14H19N3O. The highest BCUT2D eigenvalue weighted by atomic mass is 16.5. The zero-order chi connectivity index (χ0) is 13.0. The maximum absolute atomic E-state index is 5.83. The number of ether oxygens (including phenoxy) is 1. The van der Waals surface area contributed by atoms with Crippen LogP contribution in [-0.4, -0.2) is 22.7 Å². The zero-order valence-electron chi connectivity index (χ0n) is 10.8. The number of benzene rings is 1. The second-order valence-corrected chi connectivity index (χ2v) is 4.56. The topological polar surface area (TPSA) is 53.1 Å². The lowest BCUT2D eigenvalue weighted by Gasteiger charge is -2.12.